The lowest BCUT2D eigenvalue weighted by atomic mass is 9.98. The Morgan fingerprint density at radius 3 is 2.38 bits per heavy atom. The molecule has 0 bridgehead atoms. The molecule has 0 radical (unpaired) electrons. The molecule has 16 heavy (non-hydrogen) atoms. The molecule has 98 valence electrons. The van der Waals surface area contributed by atoms with Gasteiger partial charge >= 0.3 is 0 Å². The quantitative estimate of drug-likeness (QED) is 0.712. The van der Waals surface area contributed by atoms with Crippen molar-refractivity contribution in [3.05, 3.63) is 0 Å². The largest absolute Gasteiger partial charge is 0.381 e. The topological polar surface area (TPSA) is 38.5 Å². The highest BCUT2D eigenvalue weighted by atomic mass is 16.5. The Balaban J connectivity index is 0.00000106. The van der Waals surface area contributed by atoms with E-state index < -0.39 is 0 Å². The Kier molecular flexibility index (Phi) is 11.3. The molecule has 0 spiro atoms. The molecule has 0 unspecified atom stereocenters. The van der Waals surface area contributed by atoms with E-state index in [1.54, 1.807) is 0 Å². The second kappa shape index (κ2) is 11.4. The molecule has 1 aliphatic rings. The van der Waals surface area contributed by atoms with E-state index in [1.807, 2.05) is 13.8 Å². The first-order chi connectivity index (χ1) is 7.86. The van der Waals surface area contributed by atoms with Crippen LogP contribution in [0.5, 0.6) is 0 Å². The fourth-order valence-corrected chi connectivity index (χ4v) is 1.83. The van der Waals surface area contributed by atoms with E-state index in [0.717, 1.165) is 32.2 Å². The first-order valence-corrected chi connectivity index (χ1v) is 6.87. The van der Waals surface area contributed by atoms with Crippen molar-refractivity contribution in [2.75, 3.05) is 33.0 Å². The molecule has 0 aliphatic carbocycles. The zero-order chi connectivity index (χ0) is 12.2. The normalized spacial score (nSPS) is 18.0. The molecule has 1 aliphatic heterocycles. The van der Waals surface area contributed by atoms with Crippen LogP contribution in [0.3, 0.4) is 0 Å². The average molecular weight is 230 g/mol. The Hall–Kier alpha value is -0.120. The highest BCUT2D eigenvalue weighted by Crippen LogP contribution is 2.16. The first-order valence-electron chi connectivity index (χ1n) is 6.87. The number of hydrogen-bond donors (Lipinski definition) is 1. The van der Waals surface area contributed by atoms with Crippen LogP contribution < -0.4 is 5.73 Å². The summed E-state index contributed by atoms with van der Waals surface area (Å²) in [5, 5.41) is 0. The van der Waals surface area contributed by atoms with E-state index >= 15 is 0 Å². The number of piperidine rings is 1. The van der Waals surface area contributed by atoms with Gasteiger partial charge < -0.3 is 10.5 Å². The zero-order valence-electron chi connectivity index (χ0n) is 11.4. The van der Waals surface area contributed by atoms with Crippen molar-refractivity contribution >= 4 is 0 Å². The fourth-order valence-electron chi connectivity index (χ4n) is 1.83. The molecule has 0 aromatic rings. The molecule has 1 heterocycles. The molecular weight excluding hydrogens is 200 g/mol. The number of hydrogen-bond acceptors (Lipinski definition) is 3. The molecule has 1 fully saturated rings. The number of nitrogens with zero attached hydrogens (tertiary/aromatic N) is 1. The summed E-state index contributed by atoms with van der Waals surface area (Å²) in [5.74, 6) is 0.773. The van der Waals surface area contributed by atoms with Crippen LogP contribution in [-0.2, 0) is 4.74 Å². The molecule has 0 saturated carbocycles. The number of unbranched alkanes of at least 4 members (excludes halogenated alkanes) is 1. The molecule has 3 nitrogen and oxygen atoms in total. The van der Waals surface area contributed by atoms with E-state index in [-0.39, 0.29) is 0 Å². The monoisotopic (exact) mass is 230 g/mol. The molecule has 0 aromatic heterocycles. The highest BCUT2D eigenvalue weighted by Gasteiger charge is 2.17. The van der Waals surface area contributed by atoms with E-state index in [2.05, 4.69) is 11.8 Å². The van der Waals surface area contributed by atoms with Crippen molar-refractivity contribution in [3.8, 4) is 0 Å². The van der Waals surface area contributed by atoms with Gasteiger partial charge in [0.05, 0.1) is 0 Å². The van der Waals surface area contributed by atoms with Crippen molar-refractivity contribution in [1.29, 1.82) is 0 Å². The third-order valence-corrected chi connectivity index (χ3v) is 2.96. The third-order valence-electron chi connectivity index (χ3n) is 2.96. The molecule has 2 N–H and O–H groups in total. The SMILES string of the molecule is CC.CCCCOCC1CCN(CN)CC1. The van der Waals surface area contributed by atoms with Gasteiger partial charge in [-0.3, -0.25) is 4.90 Å². The standard InChI is InChI=1S/C11H24N2O.C2H6/c1-2-3-8-14-9-11-4-6-13(10-12)7-5-11;1-2/h11H,2-10,12H2,1H3;1-2H3. The van der Waals surface area contributed by atoms with Crippen LogP contribution in [0.25, 0.3) is 0 Å². The second-order valence-electron chi connectivity index (χ2n) is 4.17. The van der Waals surface area contributed by atoms with E-state index in [1.165, 1.54) is 25.7 Å². The van der Waals surface area contributed by atoms with Gasteiger partial charge in [-0.1, -0.05) is 27.2 Å². The minimum Gasteiger partial charge on any atom is -0.381 e. The van der Waals surface area contributed by atoms with Crippen LogP contribution in [0.1, 0.15) is 46.5 Å². The molecule has 1 saturated heterocycles. The van der Waals surface area contributed by atoms with Crippen LogP contribution in [0.15, 0.2) is 0 Å². The fraction of sp³-hybridized carbons (Fsp3) is 1.00. The number of rotatable bonds is 6. The number of ether oxygens (including phenoxy) is 1. The van der Waals surface area contributed by atoms with Crippen LogP contribution in [0, 0.1) is 5.92 Å². The van der Waals surface area contributed by atoms with Crippen molar-refractivity contribution in [3.63, 3.8) is 0 Å². The lowest BCUT2D eigenvalue weighted by molar-refractivity contribution is 0.0661. The van der Waals surface area contributed by atoms with Gasteiger partial charge in [-0.2, -0.15) is 0 Å². The maximum atomic E-state index is 5.63. The minimum atomic E-state index is 0.712. The number of nitrogens with two attached hydrogens (primary N) is 1. The summed E-state index contributed by atoms with van der Waals surface area (Å²) in [5.41, 5.74) is 5.58. The lowest BCUT2D eigenvalue weighted by Gasteiger charge is -2.30. The maximum Gasteiger partial charge on any atom is 0.0495 e. The summed E-state index contributed by atoms with van der Waals surface area (Å²) in [6.45, 7) is 11.1. The van der Waals surface area contributed by atoms with Gasteiger partial charge in [-0.05, 0) is 38.3 Å². The van der Waals surface area contributed by atoms with Crippen LogP contribution in [0.2, 0.25) is 0 Å². The van der Waals surface area contributed by atoms with Crippen molar-refractivity contribution in [2.45, 2.75) is 46.5 Å². The predicted molar refractivity (Wildman–Crippen MR) is 70.4 cm³/mol. The summed E-state index contributed by atoms with van der Waals surface area (Å²) in [4.78, 5) is 2.31. The molecular formula is C13H30N2O. The Bertz CT molecular complexity index is 134. The molecule has 3 heteroatoms. The summed E-state index contributed by atoms with van der Waals surface area (Å²) >= 11 is 0. The lowest BCUT2D eigenvalue weighted by Crippen LogP contribution is -2.38. The van der Waals surface area contributed by atoms with Gasteiger partial charge in [-0.25, -0.2) is 0 Å². The Labute approximate surface area is 101 Å². The predicted octanol–water partition coefficient (Wildman–Crippen LogP) is 2.46. The van der Waals surface area contributed by atoms with Crippen LogP contribution in [0.4, 0.5) is 0 Å². The minimum absolute atomic E-state index is 0.712. The van der Waals surface area contributed by atoms with Gasteiger partial charge in [0.15, 0.2) is 0 Å². The van der Waals surface area contributed by atoms with Gasteiger partial charge in [0.1, 0.15) is 0 Å². The van der Waals surface area contributed by atoms with E-state index in [0.29, 0.717) is 6.67 Å². The zero-order valence-corrected chi connectivity index (χ0v) is 11.4. The van der Waals surface area contributed by atoms with Crippen molar-refractivity contribution in [1.82, 2.24) is 4.90 Å². The van der Waals surface area contributed by atoms with Crippen molar-refractivity contribution < 1.29 is 4.74 Å². The molecule has 0 atom stereocenters. The van der Waals surface area contributed by atoms with Crippen LogP contribution in [-0.4, -0.2) is 37.9 Å². The van der Waals surface area contributed by atoms with Gasteiger partial charge in [0.2, 0.25) is 0 Å². The molecule has 1 rings (SSSR count). The second-order valence-corrected chi connectivity index (χ2v) is 4.17. The van der Waals surface area contributed by atoms with Gasteiger partial charge in [0, 0.05) is 19.9 Å². The van der Waals surface area contributed by atoms with E-state index in [4.69, 9.17) is 10.5 Å². The van der Waals surface area contributed by atoms with Gasteiger partial charge in [0.25, 0.3) is 0 Å². The van der Waals surface area contributed by atoms with Crippen LogP contribution >= 0.6 is 0 Å². The smallest absolute Gasteiger partial charge is 0.0495 e. The summed E-state index contributed by atoms with van der Waals surface area (Å²) in [6.07, 6.45) is 4.93. The third kappa shape index (κ3) is 7.20. The van der Waals surface area contributed by atoms with Gasteiger partial charge in [-0.15, -0.1) is 0 Å². The summed E-state index contributed by atoms with van der Waals surface area (Å²) in [6, 6.07) is 0. The van der Waals surface area contributed by atoms with Crippen molar-refractivity contribution in [2.24, 2.45) is 11.7 Å². The maximum absolute atomic E-state index is 5.63. The molecule has 0 aromatic carbocycles. The first kappa shape index (κ1) is 15.9. The summed E-state index contributed by atoms with van der Waals surface area (Å²) in [7, 11) is 0. The van der Waals surface area contributed by atoms with E-state index in [9.17, 15) is 0 Å². The summed E-state index contributed by atoms with van der Waals surface area (Å²) < 4.78 is 5.63. The Morgan fingerprint density at radius 1 is 1.25 bits per heavy atom. The number of likely N-dealkylation sites (tertiary alicyclic amines) is 1. The molecule has 0 amide bonds. The average Bonchev–Trinajstić information content (AvgIpc) is 2.38. The highest BCUT2D eigenvalue weighted by molar-refractivity contribution is 4.70. The Morgan fingerprint density at radius 2 is 1.88 bits per heavy atom.